The summed E-state index contributed by atoms with van der Waals surface area (Å²) in [4.78, 5) is 117. The number of pyridine rings is 2. The molecule has 4 aliphatic heterocycles. The minimum absolute atomic E-state index is 0.00994. The predicted molar refractivity (Wildman–Crippen MR) is 359 cm³/mol. The number of aromatic nitrogens is 2. The molecule has 3 aromatic heterocycles. The molecule has 548 valence electrons. The van der Waals surface area contributed by atoms with Crippen LogP contribution >= 0.6 is 0 Å². The molecule has 0 aliphatic carbocycles. The van der Waals surface area contributed by atoms with Gasteiger partial charge < -0.3 is 84.2 Å². The number of esters is 1. The number of fused-ring (bicyclic) bond motifs is 5. The first kappa shape index (κ1) is 76.7. The summed E-state index contributed by atoms with van der Waals surface area (Å²) in [6, 6.07) is 26.1. The molecule has 0 unspecified atom stereocenters. The summed E-state index contributed by atoms with van der Waals surface area (Å²) in [7, 11) is 1.10. The molecule has 12 rings (SSSR count). The molecule has 2 fully saturated rings. The lowest BCUT2D eigenvalue weighted by Crippen LogP contribution is -2.46. The molecule has 104 heavy (non-hydrogen) atoms. The third kappa shape index (κ3) is 19.2. The van der Waals surface area contributed by atoms with Gasteiger partial charge in [0.05, 0.1) is 46.2 Å². The fourth-order valence-corrected chi connectivity index (χ4v) is 11.0. The number of aliphatic hydroxyl groups excluding tert-OH is 1. The molecule has 0 spiro atoms. The van der Waals surface area contributed by atoms with Crippen molar-refractivity contribution >= 4 is 35.5 Å². The van der Waals surface area contributed by atoms with Gasteiger partial charge in [0.2, 0.25) is 22.0 Å². The van der Waals surface area contributed by atoms with E-state index in [1.165, 1.54) is 49.5 Å². The lowest BCUT2D eigenvalue weighted by atomic mass is 10.1. The summed E-state index contributed by atoms with van der Waals surface area (Å²) in [6.07, 6.45) is 3.30. The molecule has 5 amide bonds. The van der Waals surface area contributed by atoms with Crippen LogP contribution in [0, 0.1) is 34.9 Å². The molecule has 7 heterocycles. The number of aromatic hydroxyl groups is 1. The van der Waals surface area contributed by atoms with Gasteiger partial charge >= 0.3 is 5.97 Å². The van der Waals surface area contributed by atoms with E-state index < -0.39 is 110 Å². The number of hydrogen-bond donors (Lipinski definition) is 7. The van der Waals surface area contributed by atoms with Crippen molar-refractivity contribution < 1.29 is 93.4 Å². The summed E-state index contributed by atoms with van der Waals surface area (Å²) in [5, 5.41) is 30.1. The highest BCUT2D eigenvalue weighted by molar-refractivity contribution is 6.00. The van der Waals surface area contributed by atoms with E-state index in [4.69, 9.17) is 29.1 Å². The number of nitrogens with two attached hydrogens (primary N) is 1. The van der Waals surface area contributed by atoms with E-state index in [0.717, 1.165) is 56.8 Å². The zero-order valence-electron chi connectivity index (χ0n) is 55.9. The molecule has 32 heteroatoms. The van der Waals surface area contributed by atoms with Crippen LogP contribution < -0.4 is 52.8 Å². The molecule has 0 saturated carbocycles. The Kier molecular flexibility index (Phi) is 26.5. The monoisotopic (exact) mass is 1450 g/mol. The van der Waals surface area contributed by atoms with Gasteiger partial charge in [-0.15, -0.1) is 0 Å². The summed E-state index contributed by atoms with van der Waals surface area (Å²) in [6.45, 7) is 5.54. The minimum Gasteiger partial charge on any atom is -0.503 e. The van der Waals surface area contributed by atoms with Gasteiger partial charge in [0.25, 0.3) is 35.3 Å². The van der Waals surface area contributed by atoms with Crippen LogP contribution in [-0.2, 0) is 47.1 Å². The number of benzene rings is 5. The molecule has 2 bridgehead atoms. The molecular weight excluding hydrogens is 1380 g/mol. The van der Waals surface area contributed by atoms with E-state index in [-0.39, 0.29) is 122 Å². The van der Waals surface area contributed by atoms with Gasteiger partial charge in [0, 0.05) is 118 Å². The lowest BCUT2D eigenvalue weighted by molar-refractivity contribution is 0.0550. The second-order valence-electron chi connectivity index (χ2n) is 23.7. The number of carbonyl (C=O) groups excluding carboxylic acids is 6. The smallest absolute Gasteiger partial charge is 0.378 e. The first-order valence-electron chi connectivity index (χ1n) is 32.3. The van der Waals surface area contributed by atoms with Crippen molar-refractivity contribution in [1.82, 2.24) is 40.2 Å². The average Bonchev–Trinajstić information content (AvgIpc) is 0.850. The van der Waals surface area contributed by atoms with Crippen LogP contribution in [0.25, 0.3) is 0 Å². The zero-order chi connectivity index (χ0) is 74.7. The second-order valence-corrected chi connectivity index (χ2v) is 23.7. The SMILES string of the molecule is COC(=O)c1occ(C(=O)NCc2ccc(F)cc2F)c(=O)c1OCc1ccccc1.C[C@@H]1CN(CCO)C(=O)c2c(OCc3ccccc3)c(=O)c(C(=O)NCc3ccc(F)cc3F)cn21.N[C@H]1CNCCOC1.O=C(NCc1ccc(F)cc1F)c1cn2c(c(O)c1=O)C(=O)N1CCOC[C@@H]2C1. The van der Waals surface area contributed by atoms with E-state index >= 15 is 0 Å². The number of amides is 5. The van der Waals surface area contributed by atoms with E-state index in [9.17, 15) is 79.7 Å². The van der Waals surface area contributed by atoms with Crippen LogP contribution in [0.15, 0.2) is 153 Å². The van der Waals surface area contributed by atoms with Crippen molar-refractivity contribution in [3.05, 3.63) is 261 Å². The van der Waals surface area contributed by atoms with Gasteiger partial charge in [-0.25, -0.2) is 31.1 Å². The van der Waals surface area contributed by atoms with Crippen molar-refractivity contribution in [2.75, 3.05) is 79.4 Å². The van der Waals surface area contributed by atoms with E-state index in [1.807, 2.05) is 6.07 Å². The van der Waals surface area contributed by atoms with Crippen LogP contribution in [0.2, 0.25) is 0 Å². The van der Waals surface area contributed by atoms with Crippen molar-refractivity contribution in [3.63, 3.8) is 0 Å². The highest BCUT2D eigenvalue weighted by Crippen LogP contribution is 2.30. The number of hydrogen-bond acceptors (Lipinski definition) is 19. The summed E-state index contributed by atoms with van der Waals surface area (Å²) < 4.78 is 115. The molecule has 8 aromatic rings. The average molecular weight is 1450 g/mol. The Labute approximate surface area is 588 Å². The summed E-state index contributed by atoms with van der Waals surface area (Å²) >= 11 is 0. The molecule has 8 N–H and O–H groups in total. The number of halogens is 6. The highest BCUT2D eigenvalue weighted by atomic mass is 19.2. The predicted octanol–water partition coefficient (Wildman–Crippen LogP) is 5.58. The van der Waals surface area contributed by atoms with E-state index in [0.29, 0.717) is 50.1 Å². The van der Waals surface area contributed by atoms with Gasteiger partial charge in [-0.2, -0.15) is 0 Å². The van der Waals surface area contributed by atoms with E-state index in [1.54, 1.807) is 61.5 Å². The number of aliphatic hydroxyl groups is 1. The van der Waals surface area contributed by atoms with Gasteiger partial charge in [0.15, 0.2) is 22.9 Å². The van der Waals surface area contributed by atoms with Crippen LogP contribution in [0.4, 0.5) is 26.3 Å². The van der Waals surface area contributed by atoms with Crippen LogP contribution in [0.5, 0.6) is 17.2 Å². The Morgan fingerprint density at radius 2 is 1.12 bits per heavy atom. The van der Waals surface area contributed by atoms with Crippen LogP contribution in [0.1, 0.15) is 109 Å². The maximum Gasteiger partial charge on any atom is 0.378 e. The quantitative estimate of drug-likeness (QED) is 0.0407. The number of ether oxygens (including phenoxy) is 5. The fraction of sp³-hybridized carbons (Fsp3) is 0.292. The molecule has 2 saturated heterocycles. The zero-order valence-corrected chi connectivity index (χ0v) is 55.9. The van der Waals surface area contributed by atoms with E-state index in [2.05, 4.69) is 26.0 Å². The fourth-order valence-electron chi connectivity index (χ4n) is 11.0. The Bertz CT molecular complexity index is 4640. The number of carbonyl (C=O) groups is 6. The Morgan fingerprint density at radius 3 is 1.64 bits per heavy atom. The summed E-state index contributed by atoms with van der Waals surface area (Å²) in [5.74, 6) is -11.3. The molecular formula is C72H71F6N9O17. The standard InChI is InChI=1S/C26H25F2N3O5.C22H17F2NO6.C19H17F2N3O5.C5H12N2O/c1-16-13-30(9-10-32)26(35)22-24(36-15-17-5-3-2-4-6-17)23(33)20(14-31(16)22)25(34)29-12-18-7-8-19(27)11-21(18)28;1-29-22(28)20-19(30-11-13-5-3-2-4-6-13)18(26)16(12-31-20)21(27)25-10-14-7-8-15(23)9-17(14)24;20-11-2-1-10(14(21)5-11)6-22-18(27)13-8-24-12-7-23(3-4-29-9-12)19(28)15(24)17(26)16(13)25;6-5-3-7-1-2-8-4-5/h2-8,11,14,16,32H,9-10,12-13,15H2,1H3,(H,29,34);2-9,12H,10-11H2,1H3,(H,25,27);1-2,5,8,12,26H,3-4,6-7,9H2,(H,22,27);5,7H,1-4,6H2/t16-;;12-;5-/m1.00/s1. The molecule has 26 nitrogen and oxygen atoms in total. The van der Waals surface area contributed by atoms with Gasteiger partial charge in [-0.3, -0.25) is 38.4 Å². The van der Waals surface area contributed by atoms with Crippen LogP contribution in [0.3, 0.4) is 0 Å². The minimum atomic E-state index is -0.998. The van der Waals surface area contributed by atoms with Crippen molar-refractivity contribution in [2.45, 2.75) is 57.9 Å². The third-order valence-electron chi connectivity index (χ3n) is 16.4. The first-order valence-corrected chi connectivity index (χ1v) is 32.3. The van der Waals surface area contributed by atoms with Crippen molar-refractivity contribution in [2.24, 2.45) is 5.73 Å². The number of rotatable bonds is 18. The molecule has 3 atom stereocenters. The maximum absolute atomic E-state index is 14.0. The normalized spacial score (nSPS) is 15.8. The van der Waals surface area contributed by atoms with Gasteiger partial charge in [-0.05, 0) is 36.2 Å². The Morgan fingerprint density at radius 1 is 0.615 bits per heavy atom. The van der Waals surface area contributed by atoms with Gasteiger partial charge in [-0.1, -0.05) is 78.9 Å². The van der Waals surface area contributed by atoms with Crippen LogP contribution in [-0.4, -0.2) is 150 Å². The van der Waals surface area contributed by atoms with Crippen molar-refractivity contribution in [3.8, 4) is 17.2 Å². The number of β-amino-alcohol motifs (C(OH)–C–C–N with tert-alkyl or cyclic N) is 1. The Balaban J connectivity index is 0.000000172. The number of methoxy groups -OCH3 is 1. The topological polar surface area (TPSA) is 344 Å². The Hall–Kier alpha value is -11.5. The molecule has 4 aliphatic rings. The number of nitrogens with one attached hydrogen (secondary N) is 4. The lowest BCUT2D eigenvalue weighted by Gasteiger charge is -2.35. The number of nitrogens with zero attached hydrogens (tertiary/aromatic N) is 4. The largest absolute Gasteiger partial charge is 0.503 e. The molecule has 0 radical (unpaired) electrons. The summed E-state index contributed by atoms with van der Waals surface area (Å²) in [5.41, 5.74) is 3.09. The third-order valence-corrected chi connectivity index (χ3v) is 16.4. The maximum atomic E-state index is 14.0. The molecule has 5 aromatic carbocycles. The van der Waals surface area contributed by atoms with Gasteiger partial charge in [0.1, 0.15) is 71.1 Å². The highest BCUT2D eigenvalue weighted by Gasteiger charge is 2.38. The second kappa shape index (κ2) is 35.9. The van der Waals surface area contributed by atoms with Crippen molar-refractivity contribution in [1.29, 1.82) is 0 Å². The first-order chi connectivity index (χ1) is 50.0.